The first-order valence-corrected chi connectivity index (χ1v) is 10.1. The van der Waals surface area contributed by atoms with Crippen molar-refractivity contribution >= 4 is 11.6 Å². The van der Waals surface area contributed by atoms with Crippen molar-refractivity contribution in [1.29, 1.82) is 0 Å². The van der Waals surface area contributed by atoms with E-state index in [1.54, 1.807) is 4.90 Å². The molecule has 1 aliphatic heterocycles. The number of carbonyl (C=O) groups excluding carboxylic acids is 1. The van der Waals surface area contributed by atoms with Gasteiger partial charge in [0.05, 0.1) is 5.56 Å². The minimum Gasteiger partial charge on any atom is -0.483 e. The first-order chi connectivity index (χ1) is 14.7. The van der Waals surface area contributed by atoms with Gasteiger partial charge in [0, 0.05) is 25.2 Å². The summed E-state index contributed by atoms with van der Waals surface area (Å²) in [5, 5.41) is 8.13. The lowest BCUT2D eigenvalue weighted by molar-refractivity contribution is -0.138. The maximum absolute atomic E-state index is 13.1. The standard InChI is InChI=1S/C22H23F3N4O2/c1-14-5-3-6-15(2)20(14)31-13-19(30)28-10-4-7-16(11-28)21-27-26-18-9-8-17(12-29(18)21)22(23,24)25/h3,5-6,8-9,12,16H,4,7,10-11,13H2,1-2H3. The fourth-order valence-electron chi connectivity index (χ4n) is 4.02. The van der Waals surface area contributed by atoms with Gasteiger partial charge in [-0.05, 0) is 49.9 Å². The van der Waals surface area contributed by atoms with Gasteiger partial charge in [0.1, 0.15) is 11.6 Å². The number of likely N-dealkylation sites (tertiary alicyclic amines) is 1. The molecule has 0 aliphatic carbocycles. The number of halogens is 3. The zero-order chi connectivity index (χ0) is 22.2. The fraction of sp³-hybridized carbons (Fsp3) is 0.409. The number of carbonyl (C=O) groups is 1. The molecule has 0 bridgehead atoms. The number of nitrogens with zero attached hydrogens (tertiary/aromatic N) is 4. The van der Waals surface area contributed by atoms with Crippen LogP contribution in [0.3, 0.4) is 0 Å². The van der Waals surface area contributed by atoms with Crippen molar-refractivity contribution in [2.45, 2.75) is 38.8 Å². The zero-order valence-corrected chi connectivity index (χ0v) is 17.3. The highest BCUT2D eigenvalue weighted by Crippen LogP contribution is 2.31. The molecular formula is C22H23F3N4O2. The van der Waals surface area contributed by atoms with Crippen LogP contribution in [-0.2, 0) is 11.0 Å². The maximum atomic E-state index is 13.1. The van der Waals surface area contributed by atoms with E-state index in [4.69, 9.17) is 4.74 Å². The maximum Gasteiger partial charge on any atom is 0.417 e. The number of aryl methyl sites for hydroxylation is 2. The normalized spacial score (nSPS) is 17.2. The first kappa shape index (κ1) is 21.1. The third kappa shape index (κ3) is 4.35. The minimum atomic E-state index is -4.45. The van der Waals surface area contributed by atoms with Crippen LogP contribution >= 0.6 is 0 Å². The molecule has 2 aromatic heterocycles. The highest BCUT2D eigenvalue weighted by atomic mass is 19.4. The van der Waals surface area contributed by atoms with Crippen molar-refractivity contribution < 1.29 is 22.7 Å². The molecule has 6 nitrogen and oxygen atoms in total. The van der Waals surface area contributed by atoms with Crippen molar-refractivity contribution in [3.8, 4) is 5.75 Å². The van der Waals surface area contributed by atoms with Gasteiger partial charge in [-0.1, -0.05) is 18.2 Å². The van der Waals surface area contributed by atoms with Crippen LogP contribution in [0.25, 0.3) is 5.65 Å². The molecule has 0 spiro atoms. The Kier molecular flexibility index (Phi) is 5.60. The van der Waals surface area contributed by atoms with Crippen LogP contribution in [0, 0.1) is 13.8 Å². The van der Waals surface area contributed by atoms with Crippen molar-refractivity contribution in [1.82, 2.24) is 19.5 Å². The van der Waals surface area contributed by atoms with Gasteiger partial charge in [0.25, 0.3) is 5.91 Å². The number of pyridine rings is 1. The van der Waals surface area contributed by atoms with Crippen LogP contribution in [0.4, 0.5) is 13.2 Å². The second-order valence-electron chi connectivity index (χ2n) is 7.89. The van der Waals surface area contributed by atoms with E-state index in [1.165, 1.54) is 10.5 Å². The smallest absolute Gasteiger partial charge is 0.417 e. The Balaban J connectivity index is 1.49. The van der Waals surface area contributed by atoms with E-state index in [-0.39, 0.29) is 18.4 Å². The molecule has 1 fully saturated rings. The highest BCUT2D eigenvalue weighted by Gasteiger charge is 2.33. The molecule has 0 radical (unpaired) electrons. The molecule has 1 amide bonds. The molecule has 9 heteroatoms. The molecule has 3 heterocycles. The van der Waals surface area contributed by atoms with Crippen molar-refractivity contribution in [2.75, 3.05) is 19.7 Å². The number of hydrogen-bond donors (Lipinski definition) is 0. The summed E-state index contributed by atoms with van der Waals surface area (Å²) in [5.41, 5.74) is 1.51. The molecule has 1 aromatic carbocycles. The predicted octanol–water partition coefficient (Wildman–Crippen LogP) is 4.15. The van der Waals surface area contributed by atoms with Crippen LogP contribution in [0.15, 0.2) is 36.5 Å². The number of hydrogen-bond acceptors (Lipinski definition) is 4. The summed E-state index contributed by atoms with van der Waals surface area (Å²) in [6, 6.07) is 8.09. The quantitative estimate of drug-likeness (QED) is 0.622. The number of benzene rings is 1. The number of ether oxygens (including phenoxy) is 1. The molecule has 31 heavy (non-hydrogen) atoms. The van der Waals surface area contributed by atoms with E-state index < -0.39 is 11.7 Å². The summed E-state index contributed by atoms with van der Waals surface area (Å²) in [5.74, 6) is 0.787. The van der Waals surface area contributed by atoms with Crippen LogP contribution in [0.2, 0.25) is 0 Å². The lowest BCUT2D eigenvalue weighted by Gasteiger charge is -2.32. The average molecular weight is 432 g/mol. The van der Waals surface area contributed by atoms with E-state index >= 15 is 0 Å². The number of alkyl halides is 3. The topological polar surface area (TPSA) is 59.7 Å². The van der Waals surface area contributed by atoms with Crippen LogP contribution in [0.1, 0.15) is 41.3 Å². The third-order valence-electron chi connectivity index (χ3n) is 5.64. The van der Waals surface area contributed by atoms with Gasteiger partial charge in [-0.3, -0.25) is 9.20 Å². The Morgan fingerprint density at radius 1 is 1.16 bits per heavy atom. The number of fused-ring (bicyclic) bond motifs is 1. The minimum absolute atomic E-state index is 0.0861. The van der Waals surface area contributed by atoms with Gasteiger partial charge in [-0.15, -0.1) is 10.2 Å². The lowest BCUT2D eigenvalue weighted by Crippen LogP contribution is -2.42. The molecule has 1 atom stereocenters. The lowest BCUT2D eigenvalue weighted by atomic mass is 9.97. The van der Waals surface area contributed by atoms with Gasteiger partial charge in [0.15, 0.2) is 12.3 Å². The summed E-state index contributed by atoms with van der Waals surface area (Å²) in [6.45, 7) is 4.71. The molecule has 1 saturated heterocycles. The van der Waals surface area contributed by atoms with Gasteiger partial charge >= 0.3 is 6.18 Å². The third-order valence-corrected chi connectivity index (χ3v) is 5.64. The van der Waals surface area contributed by atoms with Gasteiger partial charge in [0.2, 0.25) is 0 Å². The SMILES string of the molecule is Cc1cccc(C)c1OCC(=O)N1CCCC(c2nnc3ccc(C(F)(F)F)cn23)C1. The molecular weight excluding hydrogens is 409 g/mol. The molecule has 0 N–H and O–H groups in total. The van der Waals surface area contributed by atoms with Crippen molar-refractivity contribution in [2.24, 2.45) is 0 Å². The van der Waals surface area contributed by atoms with E-state index in [2.05, 4.69) is 10.2 Å². The summed E-state index contributed by atoms with van der Waals surface area (Å²) >= 11 is 0. The molecule has 1 unspecified atom stereocenters. The first-order valence-electron chi connectivity index (χ1n) is 10.1. The number of rotatable bonds is 4. The Bertz CT molecular complexity index is 1090. The Morgan fingerprint density at radius 2 is 1.90 bits per heavy atom. The summed E-state index contributed by atoms with van der Waals surface area (Å²) < 4.78 is 46.5. The Hall–Kier alpha value is -3.10. The molecule has 4 rings (SSSR count). The second kappa shape index (κ2) is 8.20. The molecule has 3 aromatic rings. The van der Waals surface area contributed by atoms with Crippen molar-refractivity contribution in [3.63, 3.8) is 0 Å². The summed E-state index contributed by atoms with van der Waals surface area (Å²) in [6.07, 6.45) is -1.98. The average Bonchev–Trinajstić information content (AvgIpc) is 3.16. The van der Waals surface area contributed by atoms with E-state index in [0.29, 0.717) is 30.3 Å². The van der Waals surface area contributed by atoms with Gasteiger partial charge < -0.3 is 9.64 Å². The van der Waals surface area contributed by atoms with Crippen LogP contribution < -0.4 is 4.74 Å². The monoisotopic (exact) mass is 432 g/mol. The number of piperidine rings is 1. The summed E-state index contributed by atoms with van der Waals surface area (Å²) in [4.78, 5) is 14.5. The van der Waals surface area contributed by atoms with E-state index in [9.17, 15) is 18.0 Å². The van der Waals surface area contributed by atoms with Crippen LogP contribution in [-0.4, -0.2) is 45.1 Å². The van der Waals surface area contributed by atoms with Gasteiger partial charge in [-0.2, -0.15) is 13.2 Å². The number of amides is 1. The Labute approximate surface area is 177 Å². The fourth-order valence-corrected chi connectivity index (χ4v) is 4.02. The highest BCUT2D eigenvalue weighted by molar-refractivity contribution is 5.78. The molecule has 164 valence electrons. The predicted molar refractivity (Wildman–Crippen MR) is 108 cm³/mol. The van der Waals surface area contributed by atoms with E-state index in [0.717, 1.165) is 36.2 Å². The Morgan fingerprint density at radius 3 is 2.61 bits per heavy atom. The summed E-state index contributed by atoms with van der Waals surface area (Å²) in [7, 11) is 0. The van der Waals surface area contributed by atoms with E-state index in [1.807, 2.05) is 32.0 Å². The zero-order valence-electron chi connectivity index (χ0n) is 17.3. The van der Waals surface area contributed by atoms with Gasteiger partial charge in [-0.25, -0.2) is 0 Å². The number of aromatic nitrogens is 3. The second-order valence-corrected chi connectivity index (χ2v) is 7.89. The van der Waals surface area contributed by atoms with Crippen molar-refractivity contribution in [3.05, 3.63) is 59.0 Å². The molecule has 1 aliphatic rings. The number of para-hydroxylation sites is 1. The molecule has 0 saturated carbocycles. The van der Waals surface area contributed by atoms with Crippen LogP contribution in [0.5, 0.6) is 5.75 Å². The largest absolute Gasteiger partial charge is 0.483 e.